The quantitative estimate of drug-likeness (QED) is 0.0774. The Morgan fingerprint density at radius 3 is 1.17 bits per heavy atom. The summed E-state index contributed by atoms with van der Waals surface area (Å²) in [5.74, 6) is -1.25. The summed E-state index contributed by atoms with van der Waals surface area (Å²) in [5, 5.41) is 8.21. The van der Waals surface area contributed by atoms with E-state index in [1.54, 1.807) is 93.6 Å². The van der Waals surface area contributed by atoms with Crippen molar-refractivity contribution < 1.29 is 83.9 Å². The van der Waals surface area contributed by atoms with Crippen LogP contribution in [0.2, 0.25) is 0 Å². The molecule has 6 aromatic carbocycles. The van der Waals surface area contributed by atoms with Crippen molar-refractivity contribution in [1.29, 1.82) is 0 Å². The van der Waals surface area contributed by atoms with Gasteiger partial charge in [0.1, 0.15) is 75.0 Å². The summed E-state index contributed by atoms with van der Waals surface area (Å²) >= 11 is 0. The van der Waals surface area contributed by atoms with E-state index in [0.717, 1.165) is 54.3 Å². The van der Waals surface area contributed by atoms with E-state index in [2.05, 4.69) is 35.7 Å². The number of nitrogens with zero attached hydrogens (tertiary/aromatic N) is 6. The second-order valence-corrected chi connectivity index (χ2v) is 25.5. The third kappa shape index (κ3) is 15.9. The first-order valence-corrected chi connectivity index (χ1v) is 33.3. The van der Waals surface area contributed by atoms with Crippen molar-refractivity contribution in [2.24, 2.45) is 0 Å². The molecule has 15 rings (SSSR count). The molecule has 9 heterocycles. The number of amides is 9. The van der Waals surface area contributed by atoms with Crippen LogP contribution in [0, 0.1) is 0 Å². The van der Waals surface area contributed by atoms with Gasteiger partial charge < -0.3 is 73.8 Å². The molecule has 0 spiro atoms. The predicted octanol–water partition coefficient (Wildman–Crippen LogP) is 7.12. The third-order valence-corrected chi connectivity index (χ3v) is 18.6. The zero-order valence-corrected chi connectivity index (χ0v) is 55.7. The van der Waals surface area contributed by atoms with E-state index in [0.29, 0.717) is 115 Å². The minimum absolute atomic E-state index is 0.0257. The maximum atomic E-state index is 13.0. The number of piperidine rings is 3. The highest BCUT2D eigenvalue weighted by Gasteiger charge is 2.43. The lowest BCUT2D eigenvalue weighted by Crippen LogP contribution is -2.49. The van der Waals surface area contributed by atoms with E-state index >= 15 is 0 Å². The lowest BCUT2D eigenvalue weighted by molar-refractivity contribution is -0.144. The molecule has 24 nitrogen and oxygen atoms in total. The fourth-order valence-electron chi connectivity index (χ4n) is 13.1. The fourth-order valence-corrected chi connectivity index (χ4v) is 13.1. The molecule has 102 heavy (non-hydrogen) atoms. The van der Waals surface area contributed by atoms with E-state index in [9.17, 15) is 43.2 Å². The fraction of sp³-hybridized carbons (Fsp3) is 0.346. The van der Waals surface area contributed by atoms with Gasteiger partial charge in [0.15, 0.2) is 0 Å². The Morgan fingerprint density at radius 2 is 0.775 bits per heavy atom. The molecule has 24 heteroatoms. The lowest BCUT2D eigenvalue weighted by Gasteiger charge is -2.31. The number of allylic oxidation sites excluding steroid dienone is 3. The minimum atomic E-state index is -2.22. The van der Waals surface area contributed by atoms with E-state index in [4.69, 9.17) is 40.8 Å². The summed E-state index contributed by atoms with van der Waals surface area (Å²) in [4.78, 5) is 121. The normalized spacial score (nSPS) is 26.3. The zero-order chi connectivity index (χ0) is 78.9. The maximum Gasteiger partial charge on any atom is 0.255 e. The minimum Gasteiger partial charge on any atom is -0.489 e. The van der Waals surface area contributed by atoms with Crippen molar-refractivity contribution in [2.45, 2.75) is 116 Å². The van der Waals surface area contributed by atoms with Crippen molar-refractivity contribution in [3.8, 4) is 17.2 Å². The Kier molecular flexibility index (Phi) is 18.0. The van der Waals surface area contributed by atoms with Gasteiger partial charge in [-0.1, -0.05) is 111 Å². The van der Waals surface area contributed by atoms with Gasteiger partial charge in [-0.2, -0.15) is 0 Å². The number of ether oxygens (including phenoxy) is 6. The van der Waals surface area contributed by atoms with E-state index in [-0.39, 0.29) is 81.5 Å². The highest BCUT2D eigenvalue weighted by molar-refractivity contribution is 6.04. The van der Waals surface area contributed by atoms with Gasteiger partial charge >= 0.3 is 0 Å². The number of rotatable bonds is 18. The second-order valence-electron chi connectivity index (χ2n) is 25.5. The van der Waals surface area contributed by atoms with Crippen molar-refractivity contribution in [3.05, 3.63) is 231 Å². The van der Waals surface area contributed by atoms with Crippen LogP contribution in [-0.2, 0) is 102 Å². The van der Waals surface area contributed by atoms with Crippen LogP contribution in [0.5, 0.6) is 17.2 Å². The van der Waals surface area contributed by atoms with Gasteiger partial charge in [0.05, 0.1) is 51.7 Å². The molecule has 9 aliphatic rings. The van der Waals surface area contributed by atoms with Crippen molar-refractivity contribution in [1.82, 2.24) is 45.3 Å². The van der Waals surface area contributed by atoms with Crippen LogP contribution in [-0.4, -0.2) is 160 Å². The van der Waals surface area contributed by atoms with E-state index in [1.807, 2.05) is 48.5 Å². The molecule has 8 atom stereocenters. The molecule has 3 N–H and O–H groups in total. The number of hydrogen-bond acceptors (Lipinski definition) is 15. The van der Waals surface area contributed by atoms with Crippen LogP contribution in [0.3, 0.4) is 0 Å². The molecule has 0 bridgehead atoms. The first-order chi connectivity index (χ1) is 53.0. The molecule has 0 aromatic heterocycles. The molecule has 0 radical (unpaired) electrons. The monoisotopic (exact) mass is 1390 g/mol. The maximum absolute atomic E-state index is 13.0. The molecule has 0 aliphatic carbocycles. The molecule has 9 amide bonds. The molecular weight excluding hydrogens is 1300 g/mol. The molecular formula is C78H81N9O15. The number of morpholine rings is 3. The van der Waals surface area contributed by atoms with Crippen LogP contribution in [0.25, 0.3) is 0 Å². The zero-order valence-electron chi connectivity index (χ0n) is 64.7. The van der Waals surface area contributed by atoms with Gasteiger partial charge in [0.2, 0.25) is 35.4 Å². The number of carbonyl (C=O) groups is 9. The van der Waals surface area contributed by atoms with Crippen LogP contribution in [0.4, 0.5) is 0 Å². The second kappa shape index (κ2) is 31.3. The smallest absolute Gasteiger partial charge is 0.255 e. The summed E-state index contributed by atoms with van der Waals surface area (Å²) in [6.45, 7) is 1.46. The van der Waals surface area contributed by atoms with E-state index in [1.165, 1.54) is 4.90 Å². The lowest BCUT2D eigenvalue weighted by atomic mass is 10.0. The third-order valence-electron chi connectivity index (χ3n) is 18.6. The van der Waals surface area contributed by atoms with E-state index < -0.39 is 88.3 Å². The summed E-state index contributed by atoms with van der Waals surface area (Å²) in [5.41, 5.74) is 10.6. The summed E-state index contributed by atoms with van der Waals surface area (Å²) in [6, 6.07) is 36.1. The van der Waals surface area contributed by atoms with Gasteiger partial charge in [0, 0.05) is 89.6 Å². The SMILES string of the molecule is [2H]C1N(Cc2ccc(COc3cccc4c3CN(C3CCC(=C)NC3=O)C4=O)cc2)C(=O)COC1([2H])[2H].[2H]C1OC([2H])C([2H])N(Cc2ccc(COc3cccc4c3CN(C3CCC(=C)NC3=O)C4=O)cc2)C1=O.[2H]C1OCC([2H])([2H])N(Cc2ccc(COc3cccc4c3CN(C3CCC(=C)NC3=O)C4=O)cc2)C1=O. The van der Waals surface area contributed by atoms with Crippen LogP contribution in [0.15, 0.2) is 164 Å². The average molecular weight is 1390 g/mol. The summed E-state index contributed by atoms with van der Waals surface area (Å²) < 4.78 is 103. The number of carbonyl (C=O) groups excluding carboxylic acids is 9. The average Bonchev–Trinajstić information content (AvgIpc) is 1.66. The predicted molar refractivity (Wildman–Crippen MR) is 371 cm³/mol. The first-order valence-electron chi connectivity index (χ1n) is 38.2. The number of benzene rings is 6. The van der Waals surface area contributed by atoms with Crippen molar-refractivity contribution >= 4 is 53.2 Å². The highest BCUT2D eigenvalue weighted by atomic mass is 16.5. The van der Waals surface area contributed by atoms with Crippen LogP contribution in [0.1, 0.15) is 132 Å². The molecule has 6 fully saturated rings. The number of hydrogen-bond donors (Lipinski definition) is 3. The van der Waals surface area contributed by atoms with Crippen LogP contribution >= 0.6 is 0 Å². The standard InChI is InChI=1S/3C26H27N3O5/c3*1-17-5-10-22(25(31)27-17)29-14-21-20(26(29)32)3-2-4-23(21)34-15-19-8-6-18(7-9-19)13-28-11-12-33-16-24(28)30/h3*2-4,6-9,22H,1,5,10-16H2,(H,27,31)/i11D,12D,16D;11D2,16D;11D,12D2. The Bertz CT molecular complexity index is 4560. The van der Waals surface area contributed by atoms with Gasteiger partial charge in [-0.3, -0.25) is 43.2 Å². The van der Waals surface area contributed by atoms with Gasteiger partial charge in [-0.05, 0) is 108 Å². The summed E-state index contributed by atoms with van der Waals surface area (Å²) in [7, 11) is 0. The highest BCUT2D eigenvalue weighted by Crippen LogP contribution is 2.38. The molecule has 6 saturated heterocycles. The summed E-state index contributed by atoms with van der Waals surface area (Å²) in [6.07, 6.45) is 3.50. The molecule has 9 aliphatic heterocycles. The Balaban J connectivity index is 0.000000146. The van der Waals surface area contributed by atoms with Gasteiger partial charge in [0.25, 0.3) is 17.7 Å². The Hall–Kier alpha value is -11.0. The molecule has 6 aromatic rings. The van der Waals surface area contributed by atoms with Gasteiger partial charge in [-0.15, -0.1) is 0 Å². The number of fused-ring (bicyclic) bond motifs is 3. The molecule has 8 unspecified atom stereocenters. The largest absolute Gasteiger partial charge is 0.489 e. The number of nitrogens with one attached hydrogen (secondary N) is 3. The Labute approximate surface area is 603 Å². The van der Waals surface area contributed by atoms with Crippen molar-refractivity contribution in [3.63, 3.8) is 0 Å². The first kappa shape index (κ1) is 58.8. The topological polar surface area (TPSA) is 265 Å². The Morgan fingerprint density at radius 1 is 0.422 bits per heavy atom. The van der Waals surface area contributed by atoms with Crippen molar-refractivity contribution in [2.75, 3.05) is 59.1 Å². The van der Waals surface area contributed by atoms with Crippen LogP contribution < -0.4 is 30.2 Å². The molecule has 528 valence electrons. The van der Waals surface area contributed by atoms with Gasteiger partial charge in [-0.25, -0.2) is 0 Å². The molecule has 0 saturated carbocycles.